The Morgan fingerprint density at radius 1 is 1.40 bits per heavy atom. The van der Waals surface area contributed by atoms with E-state index in [1.54, 1.807) is 7.11 Å². The molecule has 0 aromatic rings. The second-order valence-electron chi connectivity index (χ2n) is 5.01. The van der Waals surface area contributed by atoms with Gasteiger partial charge >= 0.3 is 0 Å². The number of hydrogen-bond acceptors (Lipinski definition) is 3. The van der Waals surface area contributed by atoms with Crippen LogP contribution in [-0.2, 0) is 4.74 Å². The van der Waals surface area contributed by atoms with E-state index in [1.165, 1.54) is 0 Å². The number of hydrogen-bond donors (Lipinski definition) is 1. The van der Waals surface area contributed by atoms with Crippen LogP contribution in [0.25, 0.3) is 0 Å². The van der Waals surface area contributed by atoms with Crippen molar-refractivity contribution in [1.82, 2.24) is 5.32 Å². The van der Waals surface area contributed by atoms with E-state index >= 15 is 0 Å². The lowest BCUT2D eigenvalue weighted by Gasteiger charge is -2.23. The monoisotopic (exact) mass is 212 g/mol. The first-order valence-corrected chi connectivity index (χ1v) is 5.56. The Kier molecular flexibility index (Phi) is 6.55. The first-order valence-electron chi connectivity index (χ1n) is 5.56. The van der Waals surface area contributed by atoms with Crippen molar-refractivity contribution >= 4 is 0 Å². The van der Waals surface area contributed by atoms with Crippen molar-refractivity contribution in [1.29, 1.82) is 5.26 Å². The average molecular weight is 212 g/mol. The fraction of sp³-hybridized carbons (Fsp3) is 0.917. The van der Waals surface area contributed by atoms with Crippen molar-refractivity contribution in [3.05, 3.63) is 0 Å². The molecule has 0 saturated heterocycles. The number of nitrogens with one attached hydrogen (secondary N) is 1. The van der Waals surface area contributed by atoms with Gasteiger partial charge in [0, 0.05) is 13.2 Å². The average Bonchev–Trinajstić information content (AvgIpc) is 2.16. The minimum atomic E-state index is -0.235. The van der Waals surface area contributed by atoms with Crippen LogP contribution in [0.2, 0.25) is 0 Å². The fourth-order valence-electron chi connectivity index (χ4n) is 1.29. The second-order valence-corrected chi connectivity index (χ2v) is 5.01. The van der Waals surface area contributed by atoms with Gasteiger partial charge in [0.2, 0.25) is 0 Å². The summed E-state index contributed by atoms with van der Waals surface area (Å²) >= 11 is 0. The zero-order valence-electron chi connectivity index (χ0n) is 10.6. The maximum absolute atomic E-state index is 8.87. The van der Waals surface area contributed by atoms with Crippen molar-refractivity contribution in [3.63, 3.8) is 0 Å². The quantitative estimate of drug-likeness (QED) is 0.703. The smallest absolute Gasteiger partial charge is 0.0684 e. The first kappa shape index (κ1) is 14.4. The molecule has 0 aromatic carbocycles. The van der Waals surface area contributed by atoms with E-state index in [0.717, 1.165) is 19.6 Å². The van der Waals surface area contributed by atoms with Gasteiger partial charge in [0.15, 0.2) is 0 Å². The minimum Gasteiger partial charge on any atom is -0.383 e. The lowest BCUT2D eigenvalue weighted by Crippen LogP contribution is -2.39. The summed E-state index contributed by atoms with van der Waals surface area (Å²) in [5.41, 5.74) is -0.235. The van der Waals surface area contributed by atoms with Crippen LogP contribution in [0.5, 0.6) is 0 Å². The lowest BCUT2D eigenvalue weighted by atomic mass is 9.91. The van der Waals surface area contributed by atoms with Crippen molar-refractivity contribution in [3.8, 4) is 6.07 Å². The lowest BCUT2D eigenvalue weighted by molar-refractivity contribution is 0.145. The maximum atomic E-state index is 8.87. The molecule has 0 aliphatic carbocycles. The summed E-state index contributed by atoms with van der Waals surface area (Å²) in [5.74, 6) is 0.551. The second kappa shape index (κ2) is 6.81. The minimum absolute atomic E-state index is 0.235. The molecule has 15 heavy (non-hydrogen) atoms. The van der Waals surface area contributed by atoms with E-state index in [-0.39, 0.29) is 5.41 Å². The van der Waals surface area contributed by atoms with Gasteiger partial charge in [-0.15, -0.1) is 0 Å². The van der Waals surface area contributed by atoms with Crippen LogP contribution in [0.3, 0.4) is 0 Å². The molecule has 0 spiro atoms. The highest BCUT2D eigenvalue weighted by atomic mass is 16.5. The molecule has 3 nitrogen and oxygen atoms in total. The van der Waals surface area contributed by atoms with E-state index in [2.05, 4.69) is 25.2 Å². The molecule has 0 aliphatic heterocycles. The van der Waals surface area contributed by atoms with Crippen molar-refractivity contribution in [2.24, 2.45) is 11.3 Å². The Balaban J connectivity index is 3.87. The summed E-state index contributed by atoms with van der Waals surface area (Å²) in [6.07, 6.45) is 0.871. The predicted molar refractivity (Wildman–Crippen MR) is 62.5 cm³/mol. The molecule has 0 amide bonds. The Labute approximate surface area is 93.8 Å². The van der Waals surface area contributed by atoms with Crippen LogP contribution >= 0.6 is 0 Å². The molecule has 0 heterocycles. The van der Waals surface area contributed by atoms with Gasteiger partial charge in [-0.25, -0.2) is 0 Å². The van der Waals surface area contributed by atoms with Crippen LogP contribution in [0.4, 0.5) is 0 Å². The van der Waals surface area contributed by atoms with Gasteiger partial charge in [0.25, 0.3) is 0 Å². The Morgan fingerprint density at radius 3 is 2.40 bits per heavy atom. The molecule has 88 valence electrons. The molecule has 0 radical (unpaired) electrons. The summed E-state index contributed by atoms with van der Waals surface area (Å²) in [7, 11) is 1.72. The summed E-state index contributed by atoms with van der Waals surface area (Å²) in [6, 6.07) is 2.68. The van der Waals surface area contributed by atoms with E-state index in [4.69, 9.17) is 10.00 Å². The van der Waals surface area contributed by atoms with Gasteiger partial charge in [-0.2, -0.15) is 5.26 Å². The topological polar surface area (TPSA) is 45.0 Å². The van der Waals surface area contributed by atoms with Crippen molar-refractivity contribution < 1.29 is 4.74 Å². The first-order chi connectivity index (χ1) is 6.93. The molecule has 0 rings (SSSR count). The molecule has 1 N–H and O–H groups in total. The molecule has 0 aliphatic rings. The highest BCUT2D eigenvalue weighted by molar-refractivity contribution is 4.92. The number of nitrogens with zero attached hydrogens (tertiary/aromatic N) is 1. The van der Waals surface area contributed by atoms with Crippen LogP contribution in [0.1, 0.15) is 34.1 Å². The number of nitriles is 1. The Bertz CT molecular complexity index is 206. The van der Waals surface area contributed by atoms with Gasteiger partial charge < -0.3 is 10.1 Å². The van der Waals surface area contributed by atoms with Crippen LogP contribution in [0.15, 0.2) is 0 Å². The molecular formula is C12H24N2O. The highest BCUT2D eigenvalue weighted by Gasteiger charge is 2.18. The van der Waals surface area contributed by atoms with E-state index in [0.29, 0.717) is 12.0 Å². The maximum Gasteiger partial charge on any atom is 0.0684 e. The third-order valence-corrected chi connectivity index (χ3v) is 2.61. The zero-order chi connectivity index (χ0) is 11.9. The SMILES string of the molecule is COCC(NCCC(C)(C)C#N)C(C)C. The summed E-state index contributed by atoms with van der Waals surface area (Å²) < 4.78 is 5.15. The summed E-state index contributed by atoms with van der Waals surface area (Å²) in [4.78, 5) is 0. The van der Waals surface area contributed by atoms with E-state index in [9.17, 15) is 0 Å². The molecule has 0 saturated carbocycles. The van der Waals surface area contributed by atoms with E-state index < -0.39 is 0 Å². The summed E-state index contributed by atoms with van der Waals surface area (Å²) in [6.45, 7) is 9.88. The van der Waals surface area contributed by atoms with Crippen LogP contribution in [0, 0.1) is 22.7 Å². The third kappa shape index (κ3) is 6.48. The van der Waals surface area contributed by atoms with E-state index in [1.807, 2.05) is 13.8 Å². The van der Waals surface area contributed by atoms with Gasteiger partial charge in [0.1, 0.15) is 0 Å². The summed E-state index contributed by atoms with van der Waals surface area (Å²) in [5, 5.41) is 12.3. The van der Waals surface area contributed by atoms with Crippen molar-refractivity contribution in [2.75, 3.05) is 20.3 Å². The molecule has 0 bridgehead atoms. The fourth-order valence-corrected chi connectivity index (χ4v) is 1.29. The van der Waals surface area contributed by atoms with Gasteiger partial charge in [-0.1, -0.05) is 13.8 Å². The number of ether oxygens (including phenoxy) is 1. The molecule has 3 heteroatoms. The normalized spacial score (nSPS) is 13.9. The predicted octanol–water partition coefficient (Wildman–Crippen LogP) is 2.19. The zero-order valence-corrected chi connectivity index (χ0v) is 10.6. The Hall–Kier alpha value is -0.590. The molecular weight excluding hydrogens is 188 g/mol. The highest BCUT2D eigenvalue weighted by Crippen LogP contribution is 2.17. The largest absolute Gasteiger partial charge is 0.383 e. The standard InChI is InChI=1S/C12H24N2O/c1-10(2)11(8-15-5)14-7-6-12(3,4)9-13/h10-11,14H,6-8H2,1-5H3. The van der Waals surface area contributed by atoms with Crippen LogP contribution < -0.4 is 5.32 Å². The third-order valence-electron chi connectivity index (χ3n) is 2.61. The Morgan fingerprint density at radius 2 is 2.00 bits per heavy atom. The number of methoxy groups -OCH3 is 1. The van der Waals surface area contributed by atoms with Gasteiger partial charge in [-0.3, -0.25) is 0 Å². The van der Waals surface area contributed by atoms with Gasteiger partial charge in [0.05, 0.1) is 18.1 Å². The molecule has 1 unspecified atom stereocenters. The van der Waals surface area contributed by atoms with Crippen LogP contribution in [-0.4, -0.2) is 26.3 Å². The van der Waals surface area contributed by atoms with Gasteiger partial charge in [-0.05, 0) is 32.7 Å². The number of rotatable bonds is 7. The molecule has 0 aromatic heterocycles. The molecule has 1 atom stereocenters. The molecule has 0 fully saturated rings. The van der Waals surface area contributed by atoms with Crippen molar-refractivity contribution in [2.45, 2.75) is 40.2 Å².